The second-order valence-electron chi connectivity index (χ2n) is 5.76. The molecule has 0 aromatic heterocycles. The first-order chi connectivity index (χ1) is 9.29. The number of anilines is 1. The van der Waals surface area contributed by atoms with Crippen molar-refractivity contribution in [3.8, 4) is 5.75 Å². The molecule has 1 aliphatic rings. The monoisotopic (exact) mass is 278 g/mol. The van der Waals surface area contributed by atoms with E-state index in [0.29, 0.717) is 23.6 Å². The van der Waals surface area contributed by atoms with Gasteiger partial charge in [-0.15, -0.1) is 0 Å². The van der Waals surface area contributed by atoms with E-state index in [4.69, 9.17) is 5.11 Å². The largest absolute Gasteiger partial charge is 0.507 e. The number of rotatable bonds is 4. The topological polar surface area (TPSA) is 98.7 Å². The highest BCUT2D eigenvalue weighted by atomic mass is 16.4. The summed E-state index contributed by atoms with van der Waals surface area (Å²) in [6, 6.07) is 3.53. The maximum absolute atomic E-state index is 11.7. The van der Waals surface area contributed by atoms with Crippen molar-refractivity contribution < 1.29 is 19.8 Å². The van der Waals surface area contributed by atoms with E-state index in [9.17, 15) is 14.7 Å². The van der Waals surface area contributed by atoms with Crippen LogP contribution in [0.5, 0.6) is 5.75 Å². The SMILES string of the molecule is CC1(C)CC1CNC(=O)Nc1ccc(C(=O)O)c(O)c1. The van der Waals surface area contributed by atoms with Crippen molar-refractivity contribution in [2.45, 2.75) is 20.3 Å². The second kappa shape index (κ2) is 5.03. The Hall–Kier alpha value is -2.24. The zero-order chi connectivity index (χ0) is 14.9. The molecule has 1 saturated carbocycles. The molecule has 1 unspecified atom stereocenters. The highest BCUT2D eigenvalue weighted by molar-refractivity contribution is 5.93. The minimum Gasteiger partial charge on any atom is -0.507 e. The fraction of sp³-hybridized carbons (Fsp3) is 0.429. The number of benzene rings is 1. The zero-order valence-corrected chi connectivity index (χ0v) is 11.4. The third-order valence-electron chi connectivity index (χ3n) is 3.71. The lowest BCUT2D eigenvalue weighted by molar-refractivity contribution is 0.0694. The molecule has 108 valence electrons. The van der Waals surface area contributed by atoms with Crippen LogP contribution in [-0.4, -0.2) is 28.8 Å². The fourth-order valence-electron chi connectivity index (χ4n) is 2.11. The van der Waals surface area contributed by atoms with E-state index < -0.39 is 5.97 Å². The second-order valence-corrected chi connectivity index (χ2v) is 5.76. The maximum Gasteiger partial charge on any atom is 0.339 e. The third-order valence-corrected chi connectivity index (χ3v) is 3.71. The van der Waals surface area contributed by atoms with Gasteiger partial charge in [0.05, 0.1) is 0 Å². The highest BCUT2D eigenvalue weighted by Gasteiger charge is 2.45. The van der Waals surface area contributed by atoms with Crippen LogP contribution in [-0.2, 0) is 0 Å². The molecule has 1 aromatic carbocycles. The van der Waals surface area contributed by atoms with Gasteiger partial charge < -0.3 is 20.8 Å². The van der Waals surface area contributed by atoms with E-state index in [-0.39, 0.29) is 17.3 Å². The smallest absolute Gasteiger partial charge is 0.339 e. The number of urea groups is 1. The third kappa shape index (κ3) is 3.20. The molecule has 1 atom stereocenters. The van der Waals surface area contributed by atoms with Crippen LogP contribution in [0.2, 0.25) is 0 Å². The number of hydrogen-bond donors (Lipinski definition) is 4. The van der Waals surface area contributed by atoms with Gasteiger partial charge >= 0.3 is 12.0 Å². The molecule has 1 aromatic rings. The highest BCUT2D eigenvalue weighted by Crippen LogP contribution is 2.50. The summed E-state index contributed by atoms with van der Waals surface area (Å²) >= 11 is 0. The summed E-state index contributed by atoms with van der Waals surface area (Å²) < 4.78 is 0. The number of aromatic carboxylic acids is 1. The number of carboxylic acids is 1. The lowest BCUT2D eigenvalue weighted by atomic mass is 10.1. The molecule has 0 bridgehead atoms. The Morgan fingerprint density at radius 1 is 1.40 bits per heavy atom. The van der Waals surface area contributed by atoms with Gasteiger partial charge in [-0.05, 0) is 29.9 Å². The molecule has 1 fully saturated rings. The van der Waals surface area contributed by atoms with Crippen molar-refractivity contribution >= 4 is 17.7 Å². The molecule has 0 aliphatic heterocycles. The van der Waals surface area contributed by atoms with Crippen LogP contribution in [0, 0.1) is 11.3 Å². The molecule has 2 amide bonds. The average Bonchev–Trinajstić information content (AvgIpc) is 2.94. The molecule has 20 heavy (non-hydrogen) atoms. The summed E-state index contributed by atoms with van der Waals surface area (Å²) in [5, 5.41) is 23.6. The summed E-state index contributed by atoms with van der Waals surface area (Å²) in [6.45, 7) is 4.91. The number of hydrogen-bond acceptors (Lipinski definition) is 3. The van der Waals surface area contributed by atoms with Crippen LogP contribution in [0.15, 0.2) is 18.2 Å². The predicted octanol–water partition coefficient (Wildman–Crippen LogP) is 2.26. The van der Waals surface area contributed by atoms with Gasteiger partial charge in [-0.1, -0.05) is 13.8 Å². The van der Waals surface area contributed by atoms with Crippen molar-refractivity contribution in [1.29, 1.82) is 0 Å². The van der Waals surface area contributed by atoms with Crippen LogP contribution >= 0.6 is 0 Å². The first-order valence-electron chi connectivity index (χ1n) is 6.41. The molecule has 4 N–H and O–H groups in total. The number of aromatic hydroxyl groups is 1. The predicted molar refractivity (Wildman–Crippen MR) is 74.0 cm³/mol. The molecule has 1 aliphatic carbocycles. The molecule has 0 radical (unpaired) electrons. The Kier molecular flexibility index (Phi) is 3.57. The standard InChI is InChI=1S/C14H18N2O4/c1-14(2)6-8(14)7-15-13(20)16-9-3-4-10(12(18)19)11(17)5-9/h3-5,8,17H,6-7H2,1-2H3,(H,18,19)(H2,15,16,20). The molecule has 0 heterocycles. The first-order valence-corrected chi connectivity index (χ1v) is 6.41. The van der Waals surface area contributed by atoms with Crippen molar-refractivity contribution in [3.05, 3.63) is 23.8 Å². The lowest BCUT2D eigenvalue weighted by Crippen LogP contribution is -2.31. The molecule has 2 rings (SSSR count). The minimum absolute atomic E-state index is 0.198. The van der Waals surface area contributed by atoms with E-state index in [0.717, 1.165) is 6.42 Å². The number of amides is 2. The van der Waals surface area contributed by atoms with Gasteiger partial charge in [0.15, 0.2) is 0 Å². The van der Waals surface area contributed by atoms with Crippen LogP contribution in [0.25, 0.3) is 0 Å². The quantitative estimate of drug-likeness (QED) is 0.679. The zero-order valence-electron chi connectivity index (χ0n) is 11.4. The van der Waals surface area contributed by atoms with Crippen molar-refractivity contribution in [2.75, 3.05) is 11.9 Å². The van der Waals surface area contributed by atoms with Gasteiger partial charge in [-0.3, -0.25) is 0 Å². The maximum atomic E-state index is 11.7. The van der Waals surface area contributed by atoms with Crippen molar-refractivity contribution in [3.63, 3.8) is 0 Å². The lowest BCUT2D eigenvalue weighted by Gasteiger charge is -2.09. The number of phenols is 1. The van der Waals surface area contributed by atoms with Gasteiger partial charge in [0, 0.05) is 18.3 Å². The summed E-state index contributed by atoms with van der Waals surface area (Å²) in [5.74, 6) is -1.09. The molecular formula is C14H18N2O4. The van der Waals surface area contributed by atoms with Gasteiger partial charge in [-0.2, -0.15) is 0 Å². The number of carbonyl (C=O) groups is 2. The number of carbonyl (C=O) groups excluding carboxylic acids is 1. The van der Waals surface area contributed by atoms with E-state index in [2.05, 4.69) is 24.5 Å². The van der Waals surface area contributed by atoms with Crippen molar-refractivity contribution in [2.24, 2.45) is 11.3 Å². The minimum atomic E-state index is -1.21. The van der Waals surface area contributed by atoms with E-state index >= 15 is 0 Å². The molecule has 0 spiro atoms. The van der Waals surface area contributed by atoms with Crippen molar-refractivity contribution in [1.82, 2.24) is 5.32 Å². The van der Waals surface area contributed by atoms with Gasteiger partial charge in [0.1, 0.15) is 11.3 Å². The Labute approximate surface area is 116 Å². The van der Waals surface area contributed by atoms with Gasteiger partial charge in [-0.25, -0.2) is 9.59 Å². The van der Waals surface area contributed by atoms with Gasteiger partial charge in [0.25, 0.3) is 0 Å². The summed E-state index contributed by atoms with van der Waals surface area (Å²) in [4.78, 5) is 22.4. The van der Waals surface area contributed by atoms with Crippen LogP contribution < -0.4 is 10.6 Å². The number of nitrogens with one attached hydrogen (secondary N) is 2. The Bertz CT molecular complexity index is 554. The Morgan fingerprint density at radius 2 is 2.05 bits per heavy atom. The van der Waals surface area contributed by atoms with Crippen LogP contribution in [0.3, 0.4) is 0 Å². The Balaban J connectivity index is 1.88. The summed E-state index contributed by atoms with van der Waals surface area (Å²) in [7, 11) is 0. The first kappa shape index (κ1) is 14.2. The fourth-order valence-corrected chi connectivity index (χ4v) is 2.11. The molecule has 6 nitrogen and oxygen atoms in total. The van der Waals surface area contributed by atoms with E-state index in [1.807, 2.05) is 0 Å². The Morgan fingerprint density at radius 3 is 2.55 bits per heavy atom. The van der Waals surface area contributed by atoms with Crippen LogP contribution in [0.4, 0.5) is 10.5 Å². The van der Waals surface area contributed by atoms with E-state index in [1.165, 1.54) is 18.2 Å². The molecular weight excluding hydrogens is 260 g/mol. The number of carboxylic acid groups (broad SMARTS) is 1. The molecule has 6 heteroatoms. The molecule has 0 saturated heterocycles. The van der Waals surface area contributed by atoms with E-state index in [1.54, 1.807) is 0 Å². The normalized spacial score (nSPS) is 19.2. The van der Waals surface area contributed by atoms with Gasteiger partial charge in [0.2, 0.25) is 0 Å². The summed E-state index contributed by atoms with van der Waals surface area (Å²) in [6.07, 6.45) is 1.10. The average molecular weight is 278 g/mol. The van der Waals surface area contributed by atoms with Crippen LogP contribution in [0.1, 0.15) is 30.6 Å². The summed E-state index contributed by atoms with van der Waals surface area (Å²) in [5.41, 5.74) is 0.449.